The molecule has 18 heavy (non-hydrogen) atoms. The van der Waals surface area contributed by atoms with E-state index in [1.165, 1.54) is 0 Å². The fourth-order valence-corrected chi connectivity index (χ4v) is 1.73. The average molecular weight is 243 g/mol. The molecule has 1 aromatic carbocycles. The van der Waals surface area contributed by atoms with Crippen molar-refractivity contribution in [1.29, 1.82) is 0 Å². The maximum atomic E-state index is 11.6. The van der Waals surface area contributed by atoms with Gasteiger partial charge in [0.25, 0.3) is 0 Å². The first-order valence-corrected chi connectivity index (χ1v) is 5.74. The average Bonchev–Trinajstić information content (AvgIpc) is 2.40. The number of aldehydes is 1. The molecule has 0 bridgehead atoms. The molecule has 1 heterocycles. The SMILES string of the molecule is CCOC(=O)C(C=O)c1ccc2ccccc2n1. The summed E-state index contributed by atoms with van der Waals surface area (Å²) in [6.07, 6.45) is 0.565. The van der Waals surface area contributed by atoms with Crippen LogP contribution in [0.1, 0.15) is 18.5 Å². The van der Waals surface area contributed by atoms with Crippen molar-refractivity contribution in [3.63, 3.8) is 0 Å². The number of carbonyl (C=O) groups is 2. The monoisotopic (exact) mass is 243 g/mol. The number of carbonyl (C=O) groups excluding carboxylic acids is 2. The molecule has 0 spiro atoms. The van der Waals surface area contributed by atoms with Crippen LogP contribution in [-0.2, 0) is 14.3 Å². The lowest BCUT2D eigenvalue weighted by molar-refractivity contribution is -0.146. The highest BCUT2D eigenvalue weighted by molar-refractivity contribution is 5.94. The highest BCUT2D eigenvalue weighted by Crippen LogP contribution is 2.18. The predicted octanol–water partition coefficient (Wildman–Crippen LogP) is 2.08. The first-order valence-electron chi connectivity index (χ1n) is 5.74. The van der Waals surface area contributed by atoms with Gasteiger partial charge < -0.3 is 9.53 Å². The van der Waals surface area contributed by atoms with Gasteiger partial charge in [-0.15, -0.1) is 0 Å². The molecular weight excluding hydrogens is 230 g/mol. The number of hydrogen-bond donors (Lipinski definition) is 0. The number of pyridine rings is 1. The quantitative estimate of drug-likeness (QED) is 0.468. The number of benzene rings is 1. The van der Waals surface area contributed by atoms with Crippen molar-refractivity contribution in [1.82, 2.24) is 4.98 Å². The summed E-state index contributed by atoms with van der Waals surface area (Å²) in [6.45, 7) is 1.95. The van der Waals surface area contributed by atoms with E-state index in [1.54, 1.807) is 13.0 Å². The molecular formula is C14H13NO3. The zero-order chi connectivity index (χ0) is 13.0. The van der Waals surface area contributed by atoms with Gasteiger partial charge in [0.1, 0.15) is 6.29 Å². The minimum absolute atomic E-state index is 0.247. The molecule has 0 saturated heterocycles. The summed E-state index contributed by atoms with van der Waals surface area (Å²) in [6, 6.07) is 11.1. The Morgan fingerprint density at radius 2 is 2.11 bits per heavy atom. The van der Waals surface area contributed by atoms with Gasteiger partial charge in [-0.05, 0) is 19.1 Å². The van der Waals surface area contributed by atoms with E-state index in [2.05, 4.69) is 4.98 Å². The van der Waals surface area contributed by atoms with E-state index >= 15 is 0 Å². The van der Waals surface area contributed by atoms with Crippen LogP contribution in [0.4, 0.5) is 0 Å². The van der Waals surface area contributed by atoms with Crippen molar-refractivity contribution in [2.45, 2.75) is 12.8 Å². The number of esters is 1. The summed E-state index contributed by atoms with van der Waals surface area (Å²) in [4.78, 5) is 27.0. The van der Waals surface area contributed by atoms with Crippen molar-refractivity contribution >= 4 is 23.2 Å². The van der Waals surface area contributed by atoms with Crippen LogP contribution in [-0.4, -0.2) is 23.8 Å². The number of fused-ring (bicyclic) bond motifs is 1. The number of aromatic nitrogens is 1. The zero-order valence-corrected chi connectivity index (χ0v) is 10.00. The Labute approximate surface area is 105 Å². The molecule has 2 aromatic rings. The Morgan fingerprint density at radius 1 is 1.33 bits per heavy atom. The second-order valence-electron chi connectivity index (χ2n) is 3.79. The maximum Gasteiger partial charge on any atom is 0.322 e. The Morgan fingerprint density at radius 3 is 2.83 bits per heavy atom. The molecule has 92 valence electrons. The second-order valence-corrected chi connectivity index (χ2v) is 3.79. The maximum absolute atomic E-state index is 11.6. The standard InChI is InChI=1S/C14H13NO3/c1-2-18-14(17)11(9-16)13-8-7-10-5-3-4-6-12(10)15-13/h3-9,11H,2H2,1H3. The molecule has 0 amide bonds. The summed E-state index contributed by atoms with van der Waals surface area (Å²) in [7, 11) is 0. The van der Waals surface area contributed by atoms with Gasteiger partial charge in [-0.3, -0.25) is 9.78 Å². The largest absolute Gasteiger partial charge is 0.465 e. The van der Waals surface area contributed by atoms with Crippen molar-refractivity contribution < 1.29 is 14.3 Å². The molecule has 0 N–H and O–H groups in total. The lowest BCUT2D eigenvalue weighted by Gasteiger charge is -2.09. The minimum Gasteiger partial charge on any atom is -0.465 e. The van der Waals surface area contributed by atoms with E-state index < -0.39 is 11.9 Å². The highest BCUT2D eigenvalue weighted by Gasteiger charge is 2.22. The fourth-order valence-electron chi connectivity index (χ4n) is 1.73. The topological polar surface area (TPSA) is 56.3 Å². The summed E-state index contributed by atoms with van der Waals surface area (Å²) in [5.41, 5.74) is 1.17. The van der Waals surface area contributed by atoms with Crippen LogP contribution in [0.15, 0.2) is 36.4 Å². The summed E-state index contributed by atoms with van der Waals surface area (Å²) in [5, 5.41) is 0.967. The normalized spacial score (nSPS) is 12.1. The zero-order valence-electron chi connectivity index (χ0n) is 10.00. The first kappa shape index (κ1) is 12.2. The third-order valence-corrected chi connectivity index (χ3v) is 2.62. The van der Waals surface area contributed by atoms with Gasteiger partial charge in [-0.2, -0.15) is 0 Å². The van der Waals surface area contributed by atoms with Gasteiger partial charge in [0.05, 0.1) is 17.8 Å². The Balaban J connectivity index is 2.39. The fraction of sp³-hybridized carbons (Fsp3) is 0.214. The van der Waals surface area contributed by atoms with E-state index in [1.807, 2.05) is 30.3 Å². The number of nitrogens with zero attached hydrogens (tertiary/aromatic N) is 1. The number of para-hydroxylation sites is 1. The van der Waals surface area contributed by atoms with Gasteiger partial charge >= 0.3 is 5.97 Å². The second kappa shape index (κ2) is 5.40. The predicted molar refractivity (Wildman–Crippen MR) is 67.2 cm³/mol. The van der Waals surface area contributed by atoms with E-state index in [0.717, 1.165) is 10.9 Å². The molecule has 4 heteroatoms. The Hall–Kier alpha value is -2.23. The first-order chi connectivity index (χ1) is 8.76. The minimum atomic E-state index is -0.949. The van der Waals surface area contributed by atoms with Gasteiger partial charge in [0, 0.05) is 5.39 Å². The van der Waals surface area contributed by atoms with Crippen molar-refractivity contribution in [3.8, 4) is 0 Å². The molecule has 0 radical (unpaired) electrons. The molecule has 1 unspecified atom stereocenters. The molecule has 0 aliphatic carbocycles. The van der Waals surface area contributed by atoms with E-state index in [0.29, 0.717) is 12.0 Å². The number of hydrogen-bond acceptors (Lipinski definition) is 4. The molecule has 2 rings (SSSR count). The van der Waals surface area contributed by atoms with Gasteiger partial charge in [-0.1, -0.05) is 24.3 Å². The van der Waals surface area contributed by atoms with E-state index in [-0.39, 0.29) is 6.61 Å². The van der Waals surface area contributed by atoms with Crippen LogP contribution in [0.2, 0.25) is 0 Å². The van der Waals surface area contributed by atoms with Gasteiger partial charge in [-0.25, -0.2) is 0 Å². The summed E-state index contributed by atoms with van der Waals surface area (Å²) in [5.74, 6) is -1.51. The van der Waals surface area contributed by atoms with Crippen molar-refractivity contribution in [2.24, 2.45) is 0 Å². The number of rotatable bonds is 4. The van der Waals surface area contributed by atoms with Crippen molar-refractivity contribution in [3.05, 3.63) is 42.1 Å². The van der Waals surface area contributed by atoms with Crippen LogP contribution in [0.25, 0.3) is 10.9 Å². The van der Waals surface area contributed by atoms with Gasteiger partial charge in [0.15, 0.2) is 5.92 Å². The van der Waals surface area contributed by atoms with E-state index in [4.69, 9.17) is 4.74 Å². The highest BCUT2D eigenvalue weighted by atomic mass is 16.5. The Bertz CT molecular complexity index is 580. The number of ether oxygens (including phenoxy) is 1. The summed E-state index contributed by atoms with van der Waals surface area (Å²) >= 11 is 0. The van der Waals surface area contributed by atoms with Crippen molar-refractivity contribution in [2.75, 3.05) is 6.61 Å². The third-order valence-electron chi connectivity index (χ3n) is 2.62. The lowest BCUT2D eigenvalue weighted by Crippen LogP contribution is -2.18. The van der Waals surface area contributed by atoms with Crippen LogP contribution >= 0.6 is 0 Å². The van der Waals surface area contributed by atoms with Crippen LogP contribution in [0.5, 0.6) is 0 Å². The lowest BCUT2D eigenvalue weighted by atomic mass is 10.1. The molecule has 4 nitrogen and oxygen atoms in total. The van der Waals surface area contributed by atoms with Crippen LogP contribution in [0.3, 0.4) is 0 Å². The van der Waals surface area contributed by atoms with E-state index in [9.17, 15) is 9.59 Å². The van der Waals surface area contributed by atoms with Crippen LogP contribution < -0.4 is 0 Å². The van der Waals surface area contributed by atoms with Gasteiger partial charge in [0.2, 0.25) is 0 Å². The summed E-state index contributed by atoms with van der Waals surface area (Å²) < 4.78 is 4.85. The molecule has 0 fully saturated rings. The molecule has 0 aliphatic rings. The molecule has 1 aromatic heterocycles. The molecule has 1 atom stereocenters. The molecule has 0 saturated carbocycles. The van der Waals surface area contributed by atoms with Crippen LogP contribution in [0, 0.1) is 0 Å². The Kier molecular flexibility index (Phi) is 3.67. The third kappa shape index (κ3) is 2.37. The molecule has 0 aliphatic heterocycles. The smallest absolute Gasteiger partial charge is 0.322 e.